The van der Waals surface area contributed by atoms with Crippen molar-refractivity contribution in [2.24, 2.45) is 5.92 Å². The van der Waals surface area contributed by atoms with E-state index in [1.807, 2.05) is 0 Å². The van der Waals surface area contributed by atoms with Gasteiger partial charge in [-0.05, 0) is 19.3 Å². The van der Waals surface area contributed by atoms with Gasteiger partial charge in [-0.1, -0.05) is 6.92 Å². The zero-order valence-corrected chi connectivity index (χ0v) is 4.98. The Morgan fingerprint density at radius 2 is 2.14 bits per heavy atom. The molecule has 0 unspecified atom stereocenters. The van der Waals surface area contributed by atoms with Crippen LogP contribution in [0.3, 0.4) is 0 Å². The van der Waals surface area contributed by atoms with Gasteiger partial charge in [0.25, 0.3) is 0 Å². The van der Waals surface area contributed by atoms with E-state index in [1.165, 1.54) is 6.42 Å². The summed E-state index contributed by atoms with van der Waals surface area (Å²) in [6.45, 7) is 5.34. The fourth-order valence-corrected chi connectivity index (χ4v) is 0.839. The maximum absolute atomic E-state index is 5.27. The van der Waals surface area contributed by atoms with Crippen LogP contribution in [-0.2, 0) is 4.74 Å². The summed E-state index contributed by atoms with van der Waals surface area (Å²) in [5.41, 5.74) is 0. The van der Waals surface area contributed by atoms with Gasteiger partial charge in [-0.25, -0.2) is 0 Å². The number of hydrogen-bond donors (Lipinski definition) is 0. The molecule has 0 bridgehead atoms. The van der Waals surface area contributed by atoms with Crippen LogP contribution in [0.15, 0.2) is 0 Å². The van der Waals surface area contributed by atoms with Gasteiger partial charge in [0.05, 0.1) is 6.10 Å². The molecule has 1 aliphatic heterocycles. The van der Waals surface area contributed by atoms with Crippen LogP contribution in [0.2, 0.25) is 0 Å². The lowest BCUT2D eigenvalue weighted by atomic mass is 10.1. The standard InChI is InChI=1S/C6H12O/c1-5-3-4-7-6(5)2/h5-6H,3-4H2,1-2H3/t5-,6-/m1/s1. The molecule has 42 valence electrons. The monoisotopic (exact) mass is 100 g/mol. The van der Waals surface area contributed by atoms with E-state index >= 15 is 0 Å². The molecule has 0 radical (unpaired) electrons. The van der Waals surface area contributed by atoms with E-state index in [0.717, 1.165) is 12.5 Å². The molecule has 0 aromatic carbocycles. The molecule has 1 saturated heterocycles. The Hall–Kier alpha value is -0.0400. The van der Waals surface area contributed by atoms with E-state index in [-0.39, 0.29) is 0 Å². The van der Waals surface area contributed by atoms with Gasteiger partial charge in [0.1, 0.15) is 0 Å². The van der Waals surface area contributed by atoms with Gasteiger partial charge in [-0.3, -0.25) is 0 Å². The van der Waals surface area contributed by atoms with Gasteiger partial charge >= 0.3 is 0 Å². The smallest absolute Gasteiger partial charge is 0.0573 e. The molecule has 2 atom stereocenters. The molecular formula is C6H12O. The van der Waals surface area contributed by atoms with Crippen molar-refractivity contribution in [1.29, 1.82) is 0 Å². The zero-order valence-electron chi connectivity index (χ0n) is 4.98. The Kier molecular flexibility index (Phi) is 1.33. The second-order valence-electron chi connectivity index (χ2n) is 2.34. The molecule has 1 aliphatic rings. The van der Waals surface area contributed by atoms with Crippen molar-refractivity contribution >= 4 is 0 Å². The van der Waals surface area contributed by atoms with E-state index in [1.54, 1.807) is 0 Å². The molecule has 1 rings (SSSR count). The van der Waals surface area contributed by atoms with E-state index < -0.39 is 0 Å². The molecule has 0 saturated carbocycles. The van der Waals surface area contributed by atoms with E-state index in [4.69, 9.17) is 4.74 Å². The van der Waals surface area contributed by atoms with Gasteiger partial charge in [-0.15, -0.1) is 0 Å². The molecule has 1 fully saturated rings. The molecule has 0 aromatic rings. The average Bonchev–Trinajstić information content (AvgIpc) is 1.91. The fraction of sp³-hybridized carbons (Fsp3) is 1.00. The first-order valence-corrected chi connectivity index (χ1v) is 2.92. The maximum Gasteiger partial charge on any atom is 0.0573 e. The molecule has 0 amide bonds. The lowest BCUT2D eigenvalue weighted by Gasteiger charge is -2.04. The predicted molar refractivity (Wildman–Crippen MR) is 29.2 cm³/mol. The third kappa shape index (κ3) is 0.942. The maximum atomic E-state index is 5.27. The summed E-state index contributed by atoms with van der Waals surface area (Å²) < 4.78 is 5.27. The second kappa shape index (κ2) is 1.83. The summed E-state index contributed by atoms with van der Waals surface area (Å²) in [7, 11) is 0. The van der Waals surface area contributed by atoms with Crippen LogP contribution in [0.5, 0.6) is 0 Å². The molecule has 0 aliphatic carbocycles. The predicted octanol–water partition coefficient (Wildman–Crippen LogP) is 1.43. The minimum Gasteiger partial charge on any atom is -0.378 e. The highest BCUT2D eigenvalue weighted by Crippen LogP contribution is 2.18. The Morgan fingerprint density at radius 3 is 2.29 bits per heavy atom. The lowest BCUT2D eigenvalue weighted by Crippen LogP contribution is -2.05. The highest BCUT2D eigenvalue weighted by Gasteiger charge is 2.18. The van der Waals surface area contributed by atoms with Crippen LogP contribution in [0.25, 0.3) is 0 Å². The summed E-state index contributed by atoms with van der Waals surface area (Å²) in [6, 6.07) is 0. The second-order valence-corrected chi connectivity index (χ2v) is 2.34. The van der Waals surface area contributed by atoms with Crippen LogP contribution in [-0.4, -0.2) is 12.7 Å². The average molecular weight is 100 g/mol. The van der Waals surface area contributed by atoms with Crippen molar-refractivity contribution in [2.45, 2.75) is 26.4 Å². The Balaban J connectivity index is 2.33. The Bertz CT molecular complexity index is 53.2. The minimum absolute atomic E-state index is 0.514. The number of rotatable bonds is 0. The topological polar surface area (TPSA) is 9.23 Å². The van der Waals surface area contributed by atoms with E-state index in [2.05, 4.69) is 13.8 Å². The van der Waals surface area contributed by atoms with Crippen LogP contribution in [0, 0.1) is 5.92 Å². The normalized spacial score (nSPS) is 42.0. The summed E-state index contributed by atoms with van der Waals surface area (Å²) in [5, 5.41) is 0. The molecule has 0 N–H and O–H groups in total. The summed E-state index contributed by atoms with van der Waals surface area (Å²) in [4.78, 5) is 0. The van der Waals surface area contributed by atoms with Crippen LogP contribution >= 0.6 is 0 Å². The van der Waals surface area contributed by atoms with Gasteiger partial charge in [0.15, 0.2) is 0 Å². The van der Waals surface area contributed by atoms with Gasteiger partial charge in [0, 0.05) is 6.61 Å². The first-order valence-electron chi connectivity index (χ1n) is 2.92. The van der Waals surface area contributed by atoms with Crippen LogP contribution < -0.4 is 0 Å². The molecule has 1 heterocycles. The van der Waals surface area contributed by atoms with E-state index in [0.29, 0.717) is 6.10 Å². The Labute approximate surface area is 44.7 Å². The molecule has 1 heteroatoms. The highest BCUT2D eigenvalue weighted by atomic mass is 16.5. The van der Waals surface area contributed by atoms with Crippen molar-refractivity contribution in [3.8, 4) is 0 Å². The third-order valence-corrected chi connectivity index (χ3v) is 1.76. The minimum atomic E-state index is 0.514. The molecule has 1 nitrogen and oxygen atoms in total. The van der Waals surface area contributed by atoms with Gasteiger partial charge < -0.3 is 4.74 Å². The lowest BCUT2D eigenvalue weighted by molar-refractivity contribution is 0.109. The highest BCUT2D eigenvalue weighted by molar-refractivity contribution is 4.66. The molecule has 0 spiro atoms. The van der Waals surface area contributed by atoms with Gasteiger partial charge in [-0.2, -0.15) is 0 Å². The number of ether oxygens (including phenoxy) is 1. The number of hydrogen-bond acceptors (Lipinski definition) is 1. The SMILES string of the molecule is C[C@@H]1CCO[C@@H]1C. The quantitative estimate of drug-likeness (QED) is 0.447. The van der Waals surface area contributed by atoms with Crippen molar-refractivity contribution in [3.63, 3.8) is 0 Å². The summed E-state index contributed by atoms with van der Waals surface area (Å²) in [6.07, 6.45) is 1.77. The first kappa shape index (κ1) is 5.10. The molecule has 7 heavy (non-hydrogen) atoms. The third-order valence-electron chi connectivity index (χ3n) is 1.76. The van der Waals surface area contributed by atoms with E-state index in [9.17, 15) is 0 Å². The van der Waals surface area contributed by atoms with Crippen molar-refractivity contribution in [1.82, 2.24) is 0 Å². The fourth-order valence-electron chi connectivity index (χ4n) is 0.839. The summed E-state index contributed by atoms with van der Waals surface area (Å²) in [5.74, 6) is 0.792. The van der Waals surface area contributed by atoms with Crippen LogP contribution in [0.4, 0.5) is 0 Å². The zero-order chi connectivity index (χ0) is 5.28. The van der Waals surface area contributed by atoms with Crippen LogP contribution in [0.1, 0.15) is 20.3 Å². The summed E-state index contributed by atoms with van der Waals surface area (Å²) >= 11 is 0. The molecular weight excluding hydrogens is 88.1 g/mol. The van der Waals surface area contributed by atoms with Crippen molar-refractivity contribution in [3.05, 3.63) is 0 Å². The first-order chi connectivity index (χ1) is 3.30. The van der Waals surface area contributed by atoms with Gasteiger partial charge in [0.2, 0.25) is 0 Å². The van der Waals surface area contributed by atoms with Crippen molar-refractivity contribution < 1.29 is 4.74 Å². The Morgan fingerprint density at radius 1 is 1.43 bits per heavy atom. The van der Waals surface area contributed by atoms with Crippen molar-refractivity contribution in [2.75, 3.05) is 6.61 Å². The largest absolute Gasteiger partial charge is 0.378 e. The molecule has 0 aromatic heterocycles.